The summed E-state index contributed by atoms with van der Waals surface area (Å²) >= 11 is 0. The molecule has 19 heteroatoms. The van der Waals surface area contributed by atoms with E-state index in [2.05, 4.69) is 125 Å². The molecule has 542 valence electrons. The van der Waals surface area contributed by atoms with Crippen molar-refractivity contribution in [1.29, 1.82) is 0 Å². The van der Waals surface area contributed by atoms with Gasteiger partial charge in [0, 0.05) is 25.7 Å². The first-order chi connectivity index (χ1) is 45.7. The Morgan fingerprint density at radius 1 is 0.309 bits per heavy atom. The highest BCUT2D eigenvalue weighted by molar-refractivity contribution is 7.47. The van der Waals surface area contributed by atoms with E-state index in [0.29, 0.717) is 25.7 Å². The summed E-state index contributed by atoms with van der Waals surface area (Å²) < 4.78 is 68.2. The fourth-order valence-corrected chi connectivity index (χ4v) is 11.0. The maximum Gasteiger partial charge on any atom is 0.472 e. The first kappa shape index (κ1) is 90.0. The molecule has 0 fully saturated rings. The molecule has 5 unspecified atom stereocenters. The van der Waals surface area contributed by atoms with E-state index in [1.165, 1.54) is 57.8 Å². The minimum atomic E-state index is -4.98. The third kappa shape index (κ3) is 66.6. The minimum Gasteiger partial charge on any atom is -0.462 e. The van der Waals surface area contributed by atoms with Crippen LogP contribution in [0, 0.1) is 0 Å². The number of rotatable bonds is 68. The van der Waals surface area contributed by atoms with Gasteiger partial charge in [0.15, 0.2) is 12.2 Å². The second-order valence-corrected chi connectivity index (χ2v) is 27.0. The molecule has 0 aliphatic heterocycles. The molecule has 0 aliphatic carbocycles. The van der Waals surface area contributed by atoms with Gasteiger partial charge in [-0.15, -0.1) is 0 Å². The zero-order valence-electron chi connectivity index (χ0n) is 58.9. The monoisotopic (exact) mass is 1360 g/mol. The SMILES string of the molecule is CC/C=C\C/C=C\C/C=C\C/C=C\CCCCC(=O)OCC(COP(=O)(O)OCC(O)COP(=O)(O)OCC(COC(=O)CCCCCCC/C=C\CCCCCC)OC(=O)CCCCCCC/C=C\CCCC)OC(=O)CCCCCCC/C=C\C/C=C\CCCCC. The molecule has 0 bridgehead atoms. The Hall–Kier alpha value is -4.02. The lowest BCUT2D eigenvalue weighted by Gasteiger charge is -2.21. The van der Waals surface area contributed by atoms with Crippen molar-refractivity contribution in [3.8, 4) is 0 Å². The highest BCUT2D eigenvalue weighted by atomic mass is 31.2. The summed E-state index contributed by atoms with van der Waals surface area (Å²) in [6, 6.07) is 0. The van der Waals surface area contributed by atoms with Gasteiger partial charge >= 0.3 is 39.5 Å². The van der Waals surface area contributed by atoms with Gasteiger partial charge in [-0.1, -0.05) is 228 Å². The first-order valence-electron chi connectivity index (χ1n) is 36.5. The van der Waals surface area contributed by atoms with Crippen molar-refractivity contribution in [3.63, 3.8) is 0 Å². The van der Waals surface area contributed by atoms with Gasteiger partial charge in [-0.05, 0) is 141 Å². The van der Waals surface area contributed by atoms with Crippen molar-refractivity contribution < 1.29 is 80.2 Å². The van der Waals surface area contributed by atoms with Gasteiger partial charge in [0.1, 0.15) is 19.3 Å². The molecule has 0 saturated carbocycles. The third-order valence-electron chi connectivity index (χ3n) is 15.0. The van der Waals surface area contributed by atoms with Crippen LogP contribution in [0.25, 0.3) is 0 Å². The van der Waals surface area contributed by atoms with Crippen LogP contribution in [0.15, 0.2) is 97.2 Å². The lowest BCUT2D eigenvalue weighted by molar-refractivity contribution is -0.161. The molecule has 0 spiro atoms. The summed E-state index contributed by atoms with van der Waals surface area (Å²) in [5.41, 5.74) is 0. The Bertz CT molecular complexity index is 2170. The largest absolute Gasteiger partial charge is 0.472 e. The Morgan fingerprint density at radius 2 is 0.564 bits per heavy atom. The van der Waals surface area contributed by atoms with Gasteiger partial charge in [-0.2, -0.15) is 0 Å². The summed E-state index contributed by atoms with van der Waals surface area (Å²) in [6.45, 7) is 4.59. The third-order valence-corrected chi connectivity index (χ3v) is 16.9. The molecule has 0 heterocycles. The van der Waals surface area contributed by atoms with Gasteiger partial charge in [0.05, 0.1) is 26.4 Å². The molecule has 0 aromatic carbocycles. The zero-order chi connectivity index (χ0) is 69.0. The standard InChI is InChI=1S/C75H130O17P2/c1-5-9-13-17-21-25-29-32-34-37-41-44-48-52-56-60-73(78)86-66-71(92-75(80)62-58-54-50-46-42-38-35-33-30-26-22-18-14-10-6-2)68-90-94(83,84)88-64-69(76)63-87-93(81,82)89-67-70(91-74(79)61-57-53-49-45-39-28-24-20-16-12-8-4)65-85-72(77)59-55-51-47-43-40-36-31-27-23-19-15-11-7-3/h9,13,20-22,24-27,31-35,41,44,69-71,76H,5-8,10-12,14-19,23,28-30,36-40,42-43,45-68H2,1-4H3,(H,81,82)(H,83,84)/b13-9-,24-20-,25-21-,26-22-,31-27-,34-32-,35-33-,44-41-. The molecule has 0 aromatic rings. The summed E-state index contributed by atoms with van der Waals surface area (Å²) in [5.74, 6) is -2.25. The van der Waals surface area contributed by atoms with Crippen LogP contribution in [-0.2, 0) is 65.4 Å². The lowest BCUT2D eigenvalue weighted by atomic mass is 10.1. The zero-order valence-corrected chi connectivity index (χ0v) is 60.7. The second kappa shape index (κ2) is 67.5. The number of unbranched alkanes of at least 4 members (excludes halogenated alkanes) is 26. The van der Waals surface area contributed by atoms with Crippen LogP contribution in [0.2, 0.25) is 0 Å². The number of aliphatic hydroxyl groups is 1. The van der Waals surface area contributed by atoms with Gasteiger partial charge in [-0.3, -0.25) is 37.3 Å². The highest BCUT2D eigenvalue weighted by Crippen LogP contribution is 2.45. The van der Waals surface area contributed by atoms with Crippen LogP contribution < -0.4 is 0 Å². The van der Waals surface area contributed by atoms with Crippen molar-refractivity contribution >= 4 is 39.5 Å². The maximum absolute atomic E-state index is 13.0. The number of carbonyl (C=O) groups excluding carboxylic acids is 4. The molecule has 0 aliphatic rings. The van der Waals surface area contributed by atoms with Crippen LogP contribution in [0.4, 0.5) is 0 Å². The number of carbonyl (C=O) groups is 4. The number of phosphoric acid groups is 2. The summed E-state index contributed by atoms with van der Waals surface area (Å²) in [4.78, 5) is 72.6. The van der Waals surface area contributed by atoms with Gasteiger partial charge in [0.2, 0.25) is 0 Å². The molecule has 3 N–H and O–H groups in total. The molecular weight excluding hydrogens is 1230 g/mol. The molecule has 0 radical (unpaired) electrons. The number of esters is 4. The summed E-state index contributed by atoms with van der Waals surface area (Å²) in [6.07, 6.45) is 68.5. The number of aliphatic hydroxyl groups excluding tert-OH is 1. The number of hydrogen-bond donors (Lipinski definition) is 3. The fraction of sp³-hybridized carbons (Fsp3) is 0.733. The predicted octanol–water partition coefficient (Wildman–Crippen LogP) is 20.4. The van der Waals surface area contributed by atoms with E-state index in [4.69, 9.17) is 37.0 Å². The van der Waals surface area contributed by atoms with E-state index in [9.17, 15) is 43.2 Å². The van der Waals surface area contributed by atoms with Crippen LogP contribution in [0.1, 0.15) is 297 Å². The molecule has 94 heavy (non-hydrogen) atoms. The highest BCUT2D eigenvalue weighted by Gasteiger charge is 2.30. The van der Waals surface area contributed by atoms with Crippen molar-refractivity contribution in [2.45, 2.75) is 316 Å². The number of ether oxygens (including phenoxy) is 4. The lowest BCUT2D eigenvalue weighted by Crippen LogP contribution is -2.30. The molecule has 0 amide bonds. The van der Waals surface area contributed by atoms with E-state index in [1.54, 1.807) is 0 Å². The predicted molar refractivity (Wildman–Crippen MR) is 381 cm³/mol. The molecular formula is C75H130O17P2. The van der Waals surface area contributed by atoms with Gasteiger partial charge in [-0.25, -0.2) is 9.13 Å². The van der Waals surface area contributed by atoms with E-state index >= 15 is 0 Å². The van der Waals surface area contributed by atoms with E-state index in [-0.39, 0.29) is 25.7 Å². The summed E-state index contributed by atoms with van der Waals surface area (Å²) in [7, 11) is -9.96. The van der Waals surface area contributed by atoms with Crippen molar-refractivity contribution in [1.82, 2.24) is 0 Å². The minimum absolute atomic E-state index is 0.0691. The molecule has 0 saturated heterocycles. The van der Waals surface area contributed by atoms with Crippen molar-refractivity contribution in [2.75, 3.05) is 39.6 Å². The van der Waals surface area contributed by atoms with Crippen LogP contribution in [0.5, 0.6) is 0 Å². The van der Waals surface area contributed by atoms with Crippen LogP contribution >= 0.6 is 15.6 Å². The van der Waals surface area contributed by atoms with Crippen LogP contribution in [-0.4, -0.2) is 96.7 Å². The van der Waals surface area contributed by atoms with Gasteiger partial charge < -0.3 is 33.8 Å². The van der Waals surface area contributed by atoms with Crippen molar-refractivity contribution in [2.24, 2.45) is 0 Å². The van der Waals surface area contributed by atoms with E-state index < -0.39 is 97.5 Å². The first-order valence-corrected chi connectivity index (χ1v) is 39.5. The second-order valence-electron chi connectivity index (χ2n) is 24.1. The quantitative estimate of drug-likeness (QED) is 0.0169. The number of hydrogen-bond acceptors (Lipinski definition) is 15. The number of phosphoric ester groups is 2. The molecule has 17 nitrogen and oxygen atoms in total. The van der Waals surface area contributed by atoms with Crippen molar-refractivity contribution in [3.05, 3.63) is 97.2 Å². The average Bonchev–Trinajstić information content (AvgIpc) is 1.36. The molecule has 0 rings (SSSR count). The Labute approximate surface area is 569 Å². The maximum atomic E-state index is 13.0. The van der Waals surface area contributed by atoms with E-state index in [0.717, 1.165) is 161 Å². The van der Waals surface area contributed by atoms with E-state index in [1.807, 2.05) is 0 Å². The van der Waals surface area contributed by atoms with Gasteiger partial charge in [0.25, 0.3) is 0 Å². The fourth-order valence-electron chi connectivity index (χ4n) is 9.39. The topological polar surface area (TPSA) is 237 Å². The molecule has 5 atom stereocenters. The Balaban J connectivity index is 5.38. The number of allylic oxidation sites excluding steroid dienone is 16. The van der Waals surface area contributed by atoms with Crippen LogP contribution in [0.3, 0.4) is 0 Å². The smallest absolute Gasteiger partial charge is 0.462 e. The normalized spacial score (nSPS) is 14.6. The summed E-state index contributed by atoms with van der Waals surface area (Å²) in [5, 5.41) is 10.6. The Morgan fingerprint density at radius 3 is 0.936 bits per heavy atom. The Kier molecular flexibility index (Phi) is 64.7. The average molecular weight is 1370 g/mol. The molecule has 0 aromatic heterocycles.